The van der Waals surface area contributed by atoms with Crippen molar-refractivity contribution in [3.8, 4) is 23.0 Å². The van der Waals surface area contributed by atoms with E-state index in [4.69, 9.17) is 18.9 Å². The van der Waals surface area contributed by atoms with Crippen molar-refractivity contribution < 1.29 is 18.9 Å². The van der Waals surface area contributed by atoms with Gasteiger partial charge in [-0.15, -0.1) is 24.0 Å². The second-order valence-corrected chi connectivity index (χ2v) is 7.17. The lowest BCUT2D eigenvalue weighted by molar-refractivity contribution is 0.254. The van der Waals surface area contributed by atoms with Crippen LogP contribution in [0.2, 0.25) is 0 Å². The minimum Gasteiger partial charge on any atom is -0.496 e. The summed E-state index contributed by atoms with van der Waals surface area (Å²) in [7, 11) is 3.43. The minimum absolute atomic E-state index is 0. The van der Waals surface area contributed by atoms with E-state index in [1.165, 1.54) is 5.56 Å². The average molecular weight is 525 g/mol. The predicted molar refractivity (Wildman–Crippen MR) is 128 cm³/mol. The molecule has 2 aromatic rings. The molecular weight excluding hydrogens is 497 g/mol. The van der Waals surface area contributed by atoms with Crippen molar-refractivity contribution in [3.05, 3.63) is 41.5 Å². The van der Waals surface area contributed by atoms with Crippen LogP contribution in [0.3, 0.4) is 0 Å². The zero-order valence-corrected chi connectivity index (χ0v) is 19.8. The highest BCUT2D eigenvalue weighted by molar-refractivity contribution is 14.0. The van der Waals surface area contributed by atoms with E-state index in [0.29, 0.717) is 25.7 Å². The highest BCUT2D eigenvalue weighted by Gasteiger charge is 2.21. The third-order valence-electron chi connectivity index (χ3n) is 4.98. The zero-order valence-electron chi connectivity index (χ0n) is 17.5. The number of guanidine groups is 1. The van der Waals surface area contributed by atoms with Crippen LogP contribution in [0.5, 0.6) is 23.0 Å². The average Bonchev–Trinajstić information content (AvgIpc) is 2.93. The van der Waals surface area contributed by atoms with Gasteiger partial charge in [0, 0.05) is 49.3 Å². The molecule has 0 aromatic heterocycles. The summed E-state index contributed by atoms with van der Waals surface area (Å²) in [6.45, 7) is 3.96. The van der Waals surface area contributed by atoms with E-state index in [2.05, 4.69) is 28.6 Å². The van der Waals surface area contributed by atoms with Crippen LogP contribution in [0.1, 0.15) is 24.5 Å². The Balaban J connectivity index is 0.00000256. The van der Waals surface area contributed by atoms with Gasteiger partial charge in [-0.3, -0.25) is 4.99 Å². The Morgan fingerprint density at radius 2 is 1.93 bits per heavy atom. The van der Waals surface area contributed by atoms with Crippen LogP contribution >= 0.6 is 24.0 Å². The minimum atomic E-state index is 0. The number of nitrogens with one attached hydrogen (secondary N) is 2. The van der Waals surface area contributed by atoms with Gasteiger partial charge in [-0.05, 0) is 31.2 Å². The van der Waals surface area contributed by atoms with E-state index < -0.39 is 0 Å². The molecule has 2 aromatic carbocycles. The summed E-state index contributed by atoms with van der Waals surface area (Å²) in [6.07, 6.45) is 1.99. The number of halogens is 1. The zero-order chi connectivity index (χ0) is 20.2. The van der Waals surface area contributed by atoms with Gasteiger partial charge in [0.25, 0.3) is 0 Å². The van der Waals surface area contributed by atoms with E-state index in [0.717, 1.165) is 47.1 Å². The molecule has 162 valence electrons. The highest BCUT2D eigenvalue weighted by atomic mass is 127. The number of hydrogen-bond acceptors (Lipinski definition) is 5. The van der Waals surface area contributed by atoms with Crippen molar-refractivity contribution >= 4 is 35.6 Å². The predicted octanol–water partition coefficient (Wildman–Crippen LogP) is 3.99. The van der Waals surface area contributed by atoms with Crippen LogP contribution in [0.15, 0.2) is 35.3 Å². The molecule has 0 spiro atoms. The Morgan fingerprint density at radius 3 is 2.70 bits per heavy atom. The molecule has 2 N–H and O–H groups in total. The lowest BCUT2D eigenvalue weighted by Crippen LogP contribution is -2.30. The van der Waals surface area contributed by atoms with Crippen molar-refractivity contribution in [2.45, 2.75) is 32.4 Å². The monoisotopic (exact) mass is 525 g/mol. The molecule has 2 heterocycles. The molecule has 2 aliphatic rings. The molecule has 0 saturated carbocycles. The third-order valence-corrected chi connectivity index (χ3v) is 4.98. The third kappa shape index (κ3) is 5.03. The van der Waals surface area contributed by atoms with Gasteiger partial charge in [0.2, 0.25) is 0 Å². The van der Waals surface area contributed by atoms with Crippen LogP contribution in [-0.2, 0) is 13.0 Å². The smallest absolute Gasteiger partial charge is 0.195 e. The van der Waals surface area contributed by atoms with Gasteiger partial charge < -0.3 is 29.6 Å². The van der Waals surface area contributed by atoms with E-state index in [1.807, 2.05) is 24.3 Å². The lowest BCUT2D eigenvalue weighted by Gasteiger charge is -2.16. The van der Waals surface area contributed by atoms with Crippen molar-refractivity contribution in [1.29, 1.82) is 0 Å². The Morgan fingerprint density at radius 1 is 1.13 bits per heavy atom. The summed E-state index contributed by atoms with van der Waals surface area (Å²) in [6, 6.07) is 9.91. The maximum atomic E-state index is 5.88. The number of benzene rings is 2. The summed E-state index contributed by atoms with van der Waals surface area (Å²) in [4.78, 5) is 4.32. The fourth-order valence-corrected chi connectivity index (χ4v) is 3.55. The second-order valence-electron chi connectivity index (χ2n) is 7.17. The molecule has 1 atom stereocenters. The molecule has 7 nitrogen and oxygen atoms in total. The van der Waals surface area contributed by atoms with Gasteiger partial charge in [0.1, 0.15) is 17.6 Å². The van der Waals surface area contributed by atoms with Crippen molar-refractivity contribution in [1.82, 2.24) is 5.32 Å². The normalized spacial score (nSPS) is 17.2. The van der Waals surface area contributed by atoms with E-state index in [1.54, 1.807) is 14.2 Å². The largest absolute Gasteiger partial charge is 0.496 e. The Bertz CT molecular complexity index is 919. The highest BCUT2D eigenvalue weighted by Crippen LogP contribution is 2.35. The van der Waals surface area contributed by atoms with Crippen LogP contribution in [0.25, 0.3) is 0 Å². The van der Waals surface area contributed by atoms with E-state index >= 15 is 0 Å². The van der Waals surface area contributed by atoms with Crippen molar-refractivity contribution in [3.63, 3.8) is 0 Å². The van der Waals surface area contributed by atoms with E-state index in [-0.39, 0.29) is 30.1 Å². The summed E-state index contributed by atoms with van der Waals surface area (Å²) in [5.74, 6) is 3.94. The quantitative estimate of drug-likeness (QED) is 0.358. The maximum Gasteiger partial charge on any atom is 0.195 e. The first-order valence-electron chi connectivity index (χ1n) is 9.90. The molecule has 0 bridgehead atoms. The summed E-state index contributed by atoms with van der Waals surface area (Å²) < 4.78 is 22.9. The fraction of sp³-hybridized carbons (Fsp3) is 0.409. The number of nitrogens with zero attached hydrogens (tertiary/aromatic N) is 1. The Hall–Kier alpha value is -2.36. The number of rotatable bonds is 4. The number of anilines is 1. The molecule has 0 radical (unpaired) electrons. The number of hydrogen-bond donors (Lipinski definition) is 2. The van der Waals surface area contributed by atoms with Crippen molar-refractivity contribution in [2.24, 2.45) is 4.99 Å². The Labute approximate surface area is 194 Å². The molecule has 0 amide bonds. The van der Waals surface area contributed by atoms with Crippen molar-refractivity contribution in [2.75, 3.05) is 32.7 Å². The van der Waals surface area contributed by atoms with Gasteiger partial charge in [0.05, 0.1) is 20.3 Å². The molecule has 30 heavy (non-hydrogen) atoms. The Kier molecular flexibility index (Phi) is 7.52. The molecule has 1 unspecified atom stereocenters. The van der Waals surface area contributed by atoms with Crippen LogP contribution in [-0.4, -0.2) is 39.4 Å². The topological polar surface area (TPSA) is 73.3 Å². The molecule has 2 aliphatic heterocycles. The van der Waals surface area contributed by atoms with Gasteiger partial charge in [0.15, 0.2) is 17.5 Å². The number of ether oxygens (including phenoxy) is 4. The first kappa shape index (κ1) is 22.3. The van der Waals surface area contributed by atoms with Crippen LogP contribution in [0, 0.1) is 0 Å². The second kappa shape index (κ2) is 10.1. The van der Waals surface area contributed by atoms with Crippen LogP contribution < -0.4 is 29.6 Å². The molecular formula is C22H28IN3O4. The number of fused-ring (bicyclic) bond motifs is 2. The van der Waals surface area contributed by atoms with E-state index in [9.17, 15) is 0 Å². The lowest BCUT2D eigenvalue weighted by atomic mass is 10.1. The van der Waals surface area contributed by atoms with Gasteiger partial charge >= 0.3 is 0 Å². The molecule has 0 fully saturated rings. The van der Waals surface area contributed by atoms with Gasteiger partial charge in [-0.2, -0.15) is 0 Å². The molecule has 8 heteroatoms. The summed E-state index contributed by atoms with van der Waals surface area (Å²) in [5, 5.41) is 6.63. The number of aliphatic imine (C=N–C) groups is 1. The molecule has 4 rings (SSSR count). The first-order chi connectivity index (χ1) is 14.2. The summed E-state index contributed by atoms with van der Waals surface area (Å²) >= 11 is 0. The number of methoxy groups -OCH3 is 1. The molecule has 0 saturated heterocycles. The van der Waals surface area contributed by atoms with Crippen LogP contribution in [0.4, 0.5) is 5.69 Å². The summed E-state index contributed by atoms with van der Waals surface area (Å²) in [5.41, 5.74) is 3.08. The fourth-order valence-electron chi connectivity index (χ4n) is 3.55. The first-order valence-corrected chi connectivity index (χ1v) is 9.90. The maximum absolute atomic E-state index is 5.88. The molecule has 0 aliphatic carbocycles. The standard InChI is InChI=1S/C22H27N3O4.HI/c1-14-9-15-10-19(26-3)16(11-20(15)29-14)13-24-22(23-2)25-17-5-6-18-21(12-17)28-8-4-7-27-18;/h5-6,10-12,14H,4,7-9,13H2,1-3H3,(H2,23,24,25);1H. The van der Waals surface area contributed by atoms with Gasteiger partial charge in [-0.1, -0.05) is 0 Å². The SMILES string of the molecule is CN=C(NCc1cc2c(cc1OC)CC(C)O2)Nc1ccc2c(c1)OCCCO2.I. The van der Waals surface area contributed by atoms with Gasteiger partial charge in [-0.25, -0.2) is 0 Å².